The first-order chi connectivity index (χ1) is 15.0. The quantitative estimate of drug-likeness (QED) is 0.506. The van der Waals surface area contributed by atoms with Gasteiger partial charge in [0.05, 0.1) is 23.2 Å². The van der Waals surface area contributed by atoms with E-state index in [0.29, 0.717) is 16.5 Å². The molecule has 1 N–H and O–H groups in total. The van der Waals surface area contributed by atoms with Crippen LogP contribution in [0.4, 0.5) is 5.69 Å². The molecule has 0 aliphatic carbocycles. The Labute approximate surface area is 190 Å². The summed E-state index contributed by atoms with van der Waals surface area (Å²) < 4.78 is 0. The van der Waals surface area contributed by atoms with E-state index in [-0.39, 0.29) is 17.9 Å². The fourth-order valence-corrected chi connectivity index (χ4v) is 4.64. The van der Waals surface area contributed by atoms with Crippen molar-refractivity contribution in [3.05, 3.63) is 106 Å². The lowest BCUT2D eigenvalue weighted by Gasteiger charge is -2.30. The number of thioether (sulfide) groups is 1. The first-order valence-corrected chi connectivity index (χ1v) is 11.1. The summed E-state index contributed by atoms with van der Waals surface area (Å²) in [5, 5.41) is 3.54. The van der Waals surface area contributed by atoms with E-state index in [4.69, 9.17) is 11.6 Å². The second-order valence-electron chi connectivity index (χ2n) is 7.20. The van der Waals surface area contributed by atoms with Gasteiger partial charge in [0.1, 0.15) is 0 Å². The van der Waals surface area contributed by atoms with Crippen LogP contribution in [0.15, 0.2) is 94.7 Å². The molecule has 0 bridgehead atoms. The van der Waals surface area contributed by atoms with Crippen molar-refractivity contribution in [3.63, 3.8) is 0 Å². The monoisotopic (exact) mass is 448 g/mol. The molecule has 4 nitrogen and oxygen atoms in total. The third-order valence-corrected chi connectivity index (χ3v) is 6.48. The number of carbonyl (C=O) groups is 2. The third-order valence-electron chi connectivity index (χ3n) is 5.04. The molecule has 1 heterocycles. The summed E-state index contributed by atoms with van der Waals surface area (Å²) in [6.45, 7) is 2.25. The third kappa shape index (κ3) is 4.84. The van der Waals surface area contributed by atoms with Gasteiger partial charge >= 0.3 is 0 Å². The molecule has 6 heteroatoms. The number of carbonyl (C=O) groups excluding carboxylic acids is 2. The minimum Gasteiger partial charge on any atom is -0.346 e. The van der Waals surface area contributed by atoms with Gasteiger partial charge in [0, 0.05) is 16.0 Å². The van der Waals surface area contributed by atoms with Crippen LogP contribution in [0.5, 0.6) is 0 Å². The molecule has 1 unspecified atom stereocenters. The van der Waals surface area contributed by atoms with Crippen LogP contribution in [0.3, 0.4) is 0 Å². The van der Waals surface area contributed by atoms with Crippen LogP contribution in [0, 0.1) is 0 Å². The van der Waals surface area contributed by atoms with Gasteiger partial charge < -0.3 is 10.2 Å². The SMILES string of the molecule is CC(NC(=O)/C=C1/Sc2ccccc2N(Cc2ccccc2Cl)C1=O)c1ccccc1. The minimum atomic E-state index is -0.302. The van der Waals surface area contributed by atoms with Crippen LogP contribution in [-0.4, -0.2) is 11.8 Å². The van der Waals surface area contributed by atoms with E-state index >= 15 is 0 Å². The number of hydrogen-bond donors (Lipinski definition) is 1. The first kappa shape index (κ1) is 21.2. The van der Waals surface area contributed by atoms with Crippen LogP contribution >= 0.6 is 23.4 Å². The number of halogens is 1. The van der Waals surface area contributed by atoms with Crippen LogP contribution in [-0.2, 0) is 16.1 Å². The van der Waals surface area contributed by atoms with Crippen molar-refractivity contribution in [2.75, 3.05) is 4.90 Å². The van der Waals surface area contributed by atoms with Gasteiger partial charge in [-0.25, -0.2) is 0 Å². The number of nitrogens with zero attached hydrogens (tertiary/aromatic N) is 1. The van der Waals surface area contributed by atoms with Crippen molar-refractivity contribution in [1.82, 2.24) is 5.32 Å². The molecular formula is C25H21ClN2O2S. The number of benzene rings is 3. The van der Waals surface area contributed by atoms with Gasteiger partial charge in [-0.3, -0.25) is 9.59 Å². The number of hydrogen-bond acceptors (Lipinski definition) is 3. The second kappa shape index (κ2) is 9.41. The zero-order valence-corrected chi connectivity index (χ0v) is 18.5. The molecular weight excluding hydrogens is 428 g/mol. The Kier molecular flexibility index (Phi) is 6.44. The maximum Gasteiger partial charge on any atom is 0.265 e. The fraction of sp³-hybridized carbons (Fsp3) is 0.120. The van der Waals surface area contributed by atoms with Gasteiger partial charge in [-0.1, -0.05) is 84.0 Å². The lowest BCUT2D eigenvalue weighted by Crippen LogP contribution is -2.35. The Bertz CT molecular complexity index is 1150. The highest BCUT2D eigenvalue weighted by Crippen LogP contribution is 2.42. The molecule has 1 aliphatic heterocycles. The predicted octanol–water partition coefficient (Wildman–Crippen LogP) is 5.74. The van der Waals surface area contributed by atoms with Crippen LogP contribution in [0.25, 0.3) is 0 Å². The van der Waals surface area contributed by atoms with E-state index in [1.165, 1.54) is 17.8 Å². The summed E-state index contributed by atoms with van der Waals surface area (Å²) in [5.74, 6) is -0.518. The highest BCUT2D eigenvalue weighted by atomic mass is 35.5. The van der Waals surface area contributed by atoms with Gasteiger partial charge in [-0.15, -0.1) is 0 Å². The van der Waals surface area contributed by atoms with E-state index < -0.39 is 0 Å². The van der Waals surface area contributed by atoms with Crippen LogP contribution in [0.2, 0.25) is 5.02 Å². The molecule has 156 valence electrons. The smallest absolute Gasteiger partial charge is 0.265 e. The van der Waals surface area contributed by atoms with Crippen molar-refractivity contribution in [2.24, 2.45) is 0 Å². The maximum absolute atomic E-state index is 13.3. The molecule has 0 fully saturated rings. The van der Waals surface area contributed by atoms with E-state index in [9.17, 15) is 9.59 Å². The average molecular weight is 449 g/mol. The Morgan fingerprint density at radius 1 is 1.03 bits per heavy atom. The second-order valence-corrected chi connectivity index (χ2v) is 8.69. The van der Waals surface area contributed by atoms with Gasteiger partial charge in [0.15, 0.2) is 0 Å². The molecule has 2 amide bonds. The maximum atomic E-state index is 13.3. The van der Waals surface area contributed by atoms with Crippen molar-refractivity contribution in [2.45, 2.75) is 24.4 Å². The Balaban J connectivity index is 1.59. The summed E-state index contributed by atoms with van der Waals surface area (Å²) in [5.41, 5.74) is 2.66. The van der Waals surface area contributed by atoms with Crippen LogP contribution < -0.4 is 10.2 Å². The highest BCUT2D eigenvalue weighted by Gasteiger charge is 2.30. The summed E-state index contributed by atoms with van der Waals surface area (Å²) in [7, 11) is 0. The number of nitrogens with one attached hydrogen (secondary N) is 1. The summed E-state index contributed by atoms with van der Waals surface area (Å²) in [6, 6.07) is 24.7. The van der Waals surface area contributed by atoms with E-state index in [1.54, 1.807) is 11.0 Å². The van der Waals surface area contributed by atoms with Crippen molar-refractivity contribution < 1.29 is 9.59 Å². The number of rotatable bonds is 5. The lowest BCUT2D eigenvalue weighted by molar-refractivity contribution is -0.118. The predicted molar refractivity (Wildman–Crippen MR) is 126 cm³/mol. The molecule has 0 saturated carbocycles. The number of amides is 2. The molecule has 0 spiro atoms. The standard InChI is InChI=1S/C25H21ClN2O2S/c1-17(18-9-3-2-4-10-18)27-24(29)15-23-25(30)28(16-19-11-5-6-12-20(19)26)21-13-7-8-14-22(21)31-23/h2-15,17H,16H2,1H3,(H,27,29)/b23-15+. The Hall–Kier alpha value is -3.02. The molecule has 0 radical (unpaired) electrons. The molecule has 1 aliphatic rings. The minimum absolute atomic E-state index is 0.166. The lowest BCUT2D eigenvalue weighted by atomic mass is 10.1. The molecule has 3 aromatic carbocycles. The molecule has 3 aromatic rings. The van der Waals surface area contributed by atoms with Crippen molar-refractivity contribution in [1.29, 1.82) is 0 Å². The zero-order chi connectivity index (χ0) is 21.8. The number of fused-ring (bicyclic) bond motifs is 1. The largest absolute Gasteiger partial charge is 0.346 e. The number of para-hydroxylation sites is 1. The zero-order valence-electron chi connectivity index (χ0n) is 16.9. The van der Waals surface area contributed by atoms with E-state index in [0.717, 1.165) is 21.7 Å². The normalized spacial score (nSPS) is 15.5. The van der Waals surface area contributed by atoms with E-state index in [1.807, 2.05) is 79.7 Å². The summed E-state index contributed by atoms with van der Waals surface area (Å²) >= 11 is 7.64. The first-order valence-electron chi connectivity index (χ1n) is 9.92. The van der Waals surface area contributed by atoms with E-state index in [2.05, 4.69) is 5.32 Å². The van der Waals surface area contributed by atoms with Crippen molar-refractivity contribution in [3.8, 4) is 0 Å². The van der Waals surface area contributed by atoms with Gasteiger partial charge in [0.25, 0.3) is 5.91 Å². The highest BCUT2D eigenvalue weighted by molar-refractivity contribution is 8.04. The van der Waals surface area contributed by atoms with Gasteiger partial charge in [0.2, 0.25) is 5.91 Å². The number of anilines is 1. The summed E-state index contributed by atoms with van der Waals surface area (Å²) in [4.78, 5) is 29.0. The summed E-state index contributed by atoms with van der Waals surface area (Å²) in [6.07, 6.45) is 1.39. The molecule has 4 rings (SSSR count). The molecule has 31 heavy (non-hydrogen) atoms. The fourth-order valence-electron chi connectivity index (χ4n) is 3.42. The Morgan fingerprint density at radius 2 is 1.71 bits per heavy atom. The van der Waals surface area contributed by atoms with Crippen LogP contribution in [0.1, 0.15) is 24.1 Å². The van der Waals surface area contributed by atoms with Gasteiger partial charge in [-0.05, 0) is 36.2 Å². The topological polar surface area (TPSA) is 49.4 Å². The van der Waals surface area contributed by atoms with Crippen molar-refractivity contribution >= 4 is 40.9 Å². The molecule has 0 aromatic heterocycles. The Morgan fingerprint density at radius 3 is 2.48 bits per heavy atom. The molecule has 0 saturated heterocycles. The van der Waals surface area contributed by atoms with Gasteiger partial charge in [-0.2, -0.15) is 0 Å². The molecule has 1 atom stereocenters. The average Bonchev–Trinajstić information content (AvgIpc) is 2.78.